The number of sulfonamides is 1. The summed E-state index contributed by atoms with van der Waals surface area (Å²) in [5.74, 6) is 0.553. The molecule has 0 atom stereocenters. The molecule has 1 aliphatic heterocycles. The standard InChI is InChI=1S/C16H25NO3S/c1-16(2,3)14-8-10-17(11-9-14)21(19,20)15-7-5-4-6-13(15)12-18/h4-7,14,18H,8-12H2,1-3H3. The van der Waals surface area contributed by atoms with Crippen LogP contribution in [0, 0.1) is 11.3 Å². The van der Waals surface area contributed by atoms with Crippen LogP contribution >= 0.6 is 0 Å². The zero-order valence-corrected chi connectivity index (χ0v) is 13.9. The Bertz CT molecular complexity index is 582. The Morgan fingerprint density at radius 1 is 1.19 bits per heavy atom. The van der Waals surface area contributed by atoms with Crippen molar-refractivity contribution in [3.05, 3.63) is 29.8 Å². The Hall–Kier alpha value is -0.910. The molecule has 0 radical (unpaired) electrons. The summed E-state index contributed by atoms with van der Waals surface area (Å²) in [7, 11) is -3.50. The molecule has 0 saturated carbocycles. The normalized spacial score (nSPS) is 18.9. The van der Waals surface area contributed by atoms with Crippen molar-refractivity contribution in [3.8, 4) is 0 Å². The van der Waals surface area contributed by atoms with Gasteiger partial charge in [-0.25, -0.2) is 8.42 Å². The van der Waals surface area contributed by atoms with E-state index in [1.165, 1.54) is 0 Å². The molecule has 1 N–H and O–H groups in total. The molecular formula is C16H25NO3S. The second-order valence-corrected chi connectivity index (χ2v) is 8.72. The molecule has 1 heterocycles. The monoisotopic (exact) mass is 311 g/mol. The molecule has 0 unspecified atom stereocenters. The first-order chi connectivity index (χ1) is 9.76. The molecule has 2 rings (SSSR count). The summed E-state index contributed by atoms with van der Waals surface area (Å²) in [5, 5.41) is 9.35. The summed E-state index contributed by atoms with van der Waals surface area (Å²) in [4.78, 5) is 0.238. The predicted octanol–water partition coefficient (Wildman–Crippen LogP) is 2.63. The average Bonchev–Trinajstić information content (AvgIpc) is 2.46. The molecule has 0 bridgehead atoms. The molecule has 0 spiro atoms. The second kappa shape index (κ2) is 6.07. The van der Waals surface area contributed by atoms with Gasteiger partial charge in [-0.15, -0.1) is 0 Å². The first kappa shape index (κ1) is 16.5. The highest BCUT2D eigenvalue weighted by Crippen LogP contribution is 2.35. The largest absolute Gasteiger partial charge is 0.392 e. The van der Waals surface area contributed by atoms with Gasteiger partial charge < -0.3 is 5.11 Å². The van der Waals surface area contributed by atoms with Crippen molar-refractivity contribution in [1.82, 2.24) is 4.31 Å². The van der Waals surface area contributed by atoms with Crippen molar-refractivity contribution in [2.45, 2.75) is 45.1 Å². The van der Waals surface area contributed by atoms with Crippen LogP contribution in [0.3, 0.4) is 0 Å². The molecule has 0 aliphatic carbocycles. The molecule has 1 fully saturated rings. The van der Waals surface area contributed by atoms with Crippen LogP contribution in [-0.2, 0) is 16.6 Å². The molecule has 118 valence electrons. The smallest absolute Gasteiger partial charge is 0.243 e. The zero-order valence-electron chi connectivity index (χ0n) is 13.0. The van der Waals surface area contributed by atoms with Gasteiger partial charge in [0.05, 0.1) is 11.5 Å². The molecule has 0 aromatic heterocycles. The summed E-state index contributed by atoms with van der Waals surface area (Å²) in [6, 6.07) is 6.69. The van der Waals surface area contributed by atoms with E-state index in [1.807, 2.05) is 0 Å². The fourth-order valence-corrected chi connectivity index (χ4v) is 4.67. The van der Waals surface area contributed by atoms with Gasteiger partial charge in [-0.2, -0.15) is 4.31 Å². The fraction of sp³-hybridized carbons (Fsp3) is 0.625. The van der Waals surface area contributed by atoms with E-state index >= 15 is 0 Å². The maximum atomic E-state index is 12.7. The Kier molecular flexibility index (Phi) is 4.76. The van der Waals surface area contributed by atoms with Gasteiger partial charge in [-0.1, -0.05) is 39.0 Å². The highest BCUT2D eigenvalue weighted by Gasteiger charge is 2.34. The number of benzene rings is 1. The third-order valence-corrected chi connectivity index (χ3v) is 6.44. The fourth-order valence-electron chi connectivity index (χ4n) is 2.99. The minimum absolute atomic E-state index is 0.221. The summed E-state index contributed by atoms with van der Waals surface area (Å²) < 4.78 is 27.0. The van der Waals surface area contributed by atoms with Crippen LogP contribution in [0.2, 0.25) is 0 Å². The van der Waals surface area contributed by atoms with E-state index in [2.05, 4.69) is 20.8 Å². The Morgan fingerprint density at radius 2 is 1.76 bits per heavy atom. The number of piperidine rings is 1. The maximum Gasteiger partial charge on any atom is 0.243 e. The molecular weight excluding hydrogens is 286 g/mol. The number of rotatable bonds is 3. The minimum Gasteiger partial charge on any atom is -0.392 e. The number of hydrogen-bond donors (Lipinski definition) is 1. The SMILES string of the molecule is CC(C)(C)C1CCN(S(=O)(=O)c2ccccc2CO)CC1. The van der Waals surface area contributed by atoms with Crippen LogP contribution in [0.4, 0.5) is 0 Å². The van der Waals surface area contributed by atoms with Crippen LogP contribution in [0.15, 0.2) is 29.2 Å². The molecule has 1 saturated heterocycles. The van der Waals surface area contributed by atoms with Crippen molar-refractivity contribution in [2.75, 3.05) is 13.1 Å². The van der Waals surface area contributed by atoms with Gasteiger partial charge in [0.2, 0.25) is 10.0 Å². The molecule has 1 aromatic rings. The summed E-state index contributed by atoms with van der Waals surface area (Å²) in [6.45, 7) is 7.50. The number of hydrogen-bond acceptors (Lipinski definition) is 3. The van der Waals surface area contributed by atoms with Crippen molar-refractivity contribution in [2.24, 2.45) is 11.3 Å². The van der Waals surface area contributed by atoms with Crippen LogP contribution < -0.4 is 0 Å². The van der Waals surface area contributed by atoms with Gasteiger partial charge in [0.1, 0.15) is 0 Å². The van der Waals surface area contributed by atoms with Crippen LogP contribution in [0.1, 0.15) is 39.2 Å². The second-order valence-electron chi connectivity index (χ2n) is 6.81. The Labute approximate surface area is 127 Å². The Balaban J connectivity index is 2.19. The van der Waals surface area contributed by atoms with Gasteiger partial charge in [0, 0.05) is 13.1 Å². The molecule has 4 nitrogen and oxygen atoms in total. The van der Waals surface area contributed by atoms with E-state index in [-0.39, 0.29) is 16.9 Å². The van der Waals surface area contributed by atoms with Gasteiger partial charge in [0.15, 0.2) is 0 Å². The summed E-state index contributed by atoms with van der Waals surface area (Å²) in [6.07, 6.45) is 1.79. The Morgan fingerprint density at radius 3 is 2.29 bits per heavy atom. The van der Waals surface area contributed by atoms with Crippen molar-refractivity contribution >= 4 is 10.0 Å². The minimum atomic E-state index is -3.50. The highest BCUT2D eigenvalue weighted by atomic mass is 32.2. The van der Waals surface area contributed by atoms with Gasteiger partial charge >= 0.3 is 0 Å². The summed E-state index contributed by atoms with van der Waals surface area (Å²) >= 11 is 0. The van der Waals surface area contributed by atoms with Gasteiger partial charge in [-0.3, -0.25) is 0 Å². The van der Waals surface area contributed by atoms with Gasteiger partial charge in [0.25, 0.3) is 0 Å². The lowest BCUT2D eigenvalue weighted by atomic mass is 9.76. The van der Waals surface area contributed by atoms with Crippen LogP contribution in [0.25, 0.3) is 0 Å². The lowest BCUT2D eigenvalue weighted by Gasteiger charge is -2.38. The first-order valence-corrected chi connectivity index (χ1v) is 8.89. The number of aliphatic hydroxyl groups is 1. The van der Waals surface area contributed by atoms with E-state index in [4.69, 9.17) is 0 Å². The van der Waals surface area contributed by atoms with Crippen molar-refractivity contribution in [3.63, 3.8) is 0 Å². The highest BCUT2D eigenvalue weighted by molar-refractivity contribution is 7.89. The van der Waals surface area contributed by atoms with E-state index in [0.717, 1.165) is 12.8 Å². The van der Waals surface area contributed by atoms with Crippen molar-refractivity contribution in [1.29, 1.82) is 0 Å². The van der Waals surface area contributed by atoms with Gasteiger partial charge in [-0.05, 0) is 35.8 Å². The van der Waals surface area contributed by atoms with E-state index in [0.29, 0.717) is 24.6 Å². The molecule has 21 heavy (non-hydrogen) atoms. The molecule has 1 aromatic carbocycles. The topological polar surface area (TPSA) is 57.6 Å². The van der Waals surface area contributed by atoms with E-state index in [9.17, 15) is 13.5 Å². The summed E-state index contributed by atoms with van der Waals surface area (Å²) in [5.41, 5.74) is 0.689. The van der Waals surface area contributed by atoms with Crippen molar-refractivity contribution < 1.29 is 13.5 Å². The van der Waals surface area contributed by atoms with Crippen LogP contribution in [-0.4, -0.2) is 30.9 Å². The molecule has 0 amide bonds. The quantitative estimate of drug-likeness (QED) is 0.933. The third-order valence-electron chi connectivity index (χ3n) is 4.44. The average molecular weight is 311 g/mol. The van der Waals surface area contributed by atoms with E-state index in [1.54, 1.807) is 28.6 Å². The number of nitrogens with zero attached hydrogens (tertiary/aromatic N) is 1. The lowest BCUT2D eigenvalue weighted by Crippen LogP contribution is -2.41. The van der Waals surface area contributed by atoms with E-state index < -0.39 is 10.0 Å². The maximum absolute atomic E-state index is 12.7. The molecule has 1 aliphatic rings. The zero-order chi connectivity index (χ0) is 15.7. The third kappa shape index (κ3) is 3.47. The van der Waals surface area contributed by atoms with Crippen LogP contribution in [0.5, 0.6) is 0 Å². The number of aliphatic hydroxyl groups excluding tert-OH is 1. The molecule has 5 heteroatoms. The first-order valence-electron chi connectivity index (χ1n) is 7.45. The lowest BCUT2D eigenvalue weighted by molar-refractivity contribution is 0.154. The predicted molar refractivity (Wildman–Crippen MR) is 83.3 cm³/mol.